The molecule has 8 nitrogen and oxygen atoms in total. The molecule has 1 spiro atoms. The molecule has 2 aromatic rings. The van der Waals surface area contributed by atoms with E-state index in [2.05, 4.69) is 5.32 Å². The van der Waals surface area contributed by atoms with Crippen LogP contribution in [0.15, 0.2) is 48.5 Å². The molecule has 2 amide bonds. The first-order valence-electron chi connectivity index (χ1n) is 9.23. The lowest BCUT2D eigenvalue weighted by atomic mass is 9.90. The molecule has 2 heterocycles. The molecular formula is C20H19ClN4O4. The number of non-ortho nitro benzene ring substituents is 1. The van der Waals surface area contributed by atoms with Crippen LogP contribution in [0.25, 0.3) is 0 Å². The lowest BCUT2D eigenvalue weighted by molar-refractivity contribution is -0.384. The van der Waals surface area contributed by atoms with Gasteiger partial charge >= 0.3 is 0 Å². The SMILES string of the molecule is O=C1CN(c2ccc([N+](=O)[O-])cc2)C(=O)C2(CCNC2)N1Cc1ccc(Cl)cc1. The number of carbonyl (C=O) groups is 2. The zero-order valence-corrected chi connectivity index (χ0v) is 16.3. The van der Waals surface area contributed by atoms with Gasteiger partial charge in [-0.05, 0) is 42.8 Å². The highest BCUT2D eigenvalue weighted by molar-refractivity contribution is 6.30. The van der Waals surface area contributed by atoms with Gasteiger partial charge in [0, 0.05) is 35.9 Å². The fraction of sp³-hybridized carbons (Fsp3) is 0.300. The van der Waals surface area contributed by atoms with Crippen molar-refractivity contribution in [1.29, 1.82) is 0 Å². The van der Waals surface area contributed by atoms with Gasteiger partial charge in [-0.2, -0.15) is 0 Å². The van der Waals surface area contributed by atoms with Crippen molar-refractivity contribution in [3.63, 3.8) is 0 Å². The second kappa shape index (κ2) is 7.46. The van der Waals surface area contributed by atoms with E-state index >= 15 is 0 Å². The summed E-state index contributed by atoms with van der Waals surface area (Å²) in [6, 6.07) is 12.9. The third-order valence-corrected chi connectivity index (χ3v) is 5.77. The van der Waals surface area contributed by atoms with Crippen LogP contribution >= 0.6 is 11.6 Å². The van der Waals surface area contributed by atoms with Crippen LogP contribution < -0.4 is 10.2 Å². The van der Waals surface area contributed by atoms with Gasteiger partial charge in [-0.25, -0.2) is 0 Å². The second-order valence-electron chi connectivity index (χ2n) is 7.23. The zero-order chi connectivity index (χ0) is 20.6. The van der Waals surface area contributed by atoms with Crippen molar-refractivity contribution >= 4 is 34.8 Å². The molecule has 1 N–H and O–H groups in total. The summed E-state index contributed by atoms with van der Waals surface area (Å²) in [5, 5.41) is 14.7. The van der Waals surface area contributed by atoms with Crippen LogP contribution in [-0.2, 0) is 16.1 Å². The monoisotopic (exact) mass is 414 g/mol. The van der Waals surface area contributed by atoms with Crippen LogP contribution in [0.3, 0.4) is 0 Å². The summed E-state index contributed by atoms with van der Waals surface area (Å²) in [4.78, 5) is 40.1. The average Bonchev–Trinajstić information content (AvgIpc) is 3.20. The predicted molar refractivity (Wildman–Crippen MR) is 108 cm³/mol. The molecule has 150 valence electrons. The lowest BCUT2D eigenvalue weighted by Gasteiger charge is -2.47. The number of nitro benzene ring substituents is 1. The minimum atomic E-state index is -0.975. The molecule has 0 bridgehead atoms. The van der Waals surface area contributed by atoms with Gasteiger partial charge in [-0.3, -0.25) is 19.7 Å². The van der Waals surface area contributed by atoms with E-state index in [0.29, 0.717) is 36.8 Å². The van der Waals surface area contributed by atoms with E-state index in [4.69, 9.17) is 11.6 Å². The fourth-order valence-electron chi connectivity index (χ4n) is 3.96. The van der Waals surface area contributed by atoms with Crippen LogP contribution in [0, 0.1) is 10.1 Å². The molecule has 0 aromatic heterocycles. The molecule has 1 atom stereocenters. The summed E-state index contributed by atoms with van der Waals surface area (Å²) in [6.45, 7) is 1.21. The predicted octanol–water partition coefficient (Wildman–Crippen LogP) is 2.36. The standard InChI is InChI=1S/C20H19ClN4O4/c21-15-3-1-14(2-4-15)11-24-18(26)12-23(19(27)20(24)9-10-22-13-20)16-5-7-17(8-6-16)25(28)29/h1-8,22H,9-13H2. The van der Waals surface area contributed by atoms with Gasteiger partial charge in [0.05, 0.1) is 4.92 Å². The molecular weight excluding hydrogens is 396 g/mol. The smallest absolute Gasteiger partial charge is 0.269 e. The Labute approximate surface area is 172 Å². The van der Waals surface area contributed by atoms with Gasteiger partial charge < -0.3 is 15.1 Å². The Morgan fingerprint density at radius 3 is 2.38 bits per heavy atom. The molecule has 9 heteroatoms. The van der Waals surface area contributed by atoms with E-state index in [1.807, 2.05) is 12.1 Å². The summed E-state index contributed by atoms with van der Waals surface area (Å²) in [6.07, 6.45) is 0.509. The van der Waals surface area contributed by atoms with Crippen molar-refractivity contribution in [3.8, 4) is 0 Å². The Bertz CT molecular complexity index is 955. The molecule has 0 saturated carbocycles. The van der Waals surface area contributed by atoms with E-state index in [0.717, 1.165) is 5.56 Å². The first-order valence-corrected chi connectivity index (χ1v) is 9.60. The number of nitro groups is 1. The van der Waals surface area contributed by atoms with Gasteiger partial charge in [-0.15, -0.1) is 0 Å². The van der Waals surface area contributed by atoms with Gasteiger partial charge in [0.2, 0.25) is 5.91 Å². The molecule has 2 aliphatic rings. The van der Waals surface area contributed by atoms with Gasteiger partial charge in [-0.1, -0.05) is 23.7 Å². The summed E-state index contributed by atoms with van der Waals surface area (Å²) in [5.41, 5.74) is 0.333. The van der Waals surface area contributed by atoms with Crippen LogP contribution in [0.2, 0.25) is 5.02 Å². The highest BCUT2D eigenvalue weighted by atomic mass is 35.5. The van der Waals surface area contributed by atoms with E-state index in [1.54, 1.807) is 17.0 Å². The number of hydrogen-bond donors (Lipinski definition) is 1. The molecule has 2 aromatic carbocycles. The highest BCUT2D eigenvalue weighted by Crippen LogP contribution is 2.34. The maximum absolute atomic E-state index is 13.5. The van der Waals surface area contributed by atoms with E-state index in [-0.39, 0.29) is 24.0 Å². The fourth-order valence-corrected chi connectivity index (χ4v) is 4.09. The highest BCUT2D eigenvalue weighted by Gasteiger charge is 2.54. The van der Waals surface area contributed by atoms with Crippen molar-refractivity contribution in [3.05, 3.63) is 69.2 Å². The maximum atomic E-state index is 13.5. The topological polar surface area (TPSA) is 95.8 Å². The van der Waals surface area contributed by atoms with Crippen LogP contribution in [0.4, 0.5) is 11.4 Å². The summed E-state index contributed by atoms with van der Waals surface area (Å²) >= 11 is 5.95. The average molecular weight is 415 g/mol. The first kappa shape index (κ1) is 19.4. The molecule has 2 fully saturated rings. The third-order valence-electron chi connectivity index (χ3n) is 5.51. The van der Waals surface area contributed by atoms with Crippen molar-refractivity contribution in [2.75, 3.05) is 24.5 Å². The molecule has 0 radical (unpaired) electrons. The quantitative estimate of drug-likeness (QED) is 0.612. The van der Waals surface area contributed by atoms with Crippen molar-refractivity contribution in [1.82, 2.24) is 10.2 Å². The van der Waals surface area contributed by atoms with Crippen molar-refractivity contribution < 1.29 is 14.5 Å². The third kappa shape index (κ3) is 3.45. The molecule has 0 aliphatic carbocycles. The number of amides is 2. The number of anilines is 1. The first-order chi connectivity index (χ1) is 13.9. The largest absolute Gasteiger partial charge is 0.321 e. The number of rotatable bonds is 4. The normalized spacial score (nSPS) is 21.8. The maximum Gasteiger partial charge on any atom is 0.269 e. The summed E-state index contributed by atoms with van der Waals surface area (Å²) in [7, 11) is 0. The minimum Gasteiger partial charge on any atom is -0.321 e. The van der Waals surface area contributed by atoms with E-state index in [9.17, 15) is 19.7 Å². The Kier molecular flexibility index (Phi) is 4.97. The number of carbonyl (C=O) groups excluding carboxylic acids is 2. The van der Waals surface area contributed by atoms with Crippen molar-refractivity contribution in [2.45, 2.75) is 18.5 Å². The van der Waals surface area contributed by atoms with Gasteiger partial charge in [0.25, 0.3) is 11.6 Å². The van der Waals surface area contributed by atoms with Crippen LogP contribution in [-0.4, -0.2) is 46.8 Å². The van der Waals surface area contributed by atoms with Crippen LogP contribution in [0.5, 0.6) is 0 Å². The summed E-state index contributed by atoms with van der Waals surface area (Å²) in [5.74, 6) is -0.341. The number of piperazine rings is 1. The Balaban J connectivity index is 1.65. The molecule has 2 saturated heterocycles. The second-order valence-corrected chi connectivity index (χ2v) is 7.67. The van der Waals surface area contributed by atoms with Crippen LogP contribution in [0.1, 0.15) is 12.0 Å². The number of halogens is 1. The van der Waals surface area contributed by atoms with Gasteiger partial charge in [0.15, 0.2) is 0 Å². The van der Waals surface area contributed by atoms with Gasteiger partial charge in [0.1, 0.15) is 12.1 Å². The lowest BCUT2D eigenvalue weighted by Crippen LogP contribution is -2.69. The number of hydrogen-bond acceptors (Lipinski definition) is 5. The Morgan fingerprint density at radius 2 is 1.79 bits per heavy atom. The van der Waals surface area contributed by atoms with Crippen molar-refractivity contribution in [2.24, 2.45) is 0 Å². The number of nitrogens with one attached hydrogen (secondary N) is 1. The zero-order valence-electron chi connectivity index (χ0n) is 15.5. The number of benzene rings is 2. The van der Waals surface area contributed by atoms with E-state index in [1.165, 1.54) is 29.2 Å². The molecule has 1 unspecified atom stereocenters. The molecule has 2 aliphatic heterocycles. The molecule has 29 heavy (non-hydrogen) atoms. The minimum absolute atomic E-state index is 0.0638. The Morgan fingerprint density at radius 1 is 1.10 bits per heavy atom. The summed E-state index contributed by atoms with van der Waals surface area (Å²) < 4.78 is 0. The Hall–Kier alpha value is -2.97. The number of nitrogens with zero attached hydrogens (tertiary/aromatic N) is 3. The van der Waals surface area contributed by atoms with E-state index < -0.39 is 10.5 Å². The molecule has 4 rings (SSSR count).